The number of nitrogens with one attached hydrogen (secondary N) is 2. The number of anilines is 1. The molecule has 2 N–H and O–H groups in total. The number of fused-ring (bicyclic) bond motifs is 1. The topological polar surface area (TPSA) is 115 Å². The molecule has 3 aromatic rings. The average Bonchev–Trinajstić information content (AvgIpc) is 3.05. The zero-order valence-electron chi connectivity index (χ0n) is 15.2. The molecule has 0 fully saturated rings. The molecule has 3 heterocycles. The van der Waals surface area contributed by atoms with Crippen molar-refractivity contribution in [1.29, 1.82) is 0 Å². The maximum absolute atomic E-state index is 12.1. The van der Waals surface area contributed by atoms with E-state index in [-0.39, 0.29) is 17.5 Å². The molecule has 0 bridgehead atoms. The van der Waals surface area contributed by atoms with Crippen molar-refractivity contribution in [2.24, 2.45) is 0 Å². The third-order valence-electron chi connectivity index (χ3n) is 3.66. The van der Waals surface area contributed by atoms with Gasteiger partial charge >= 0.3 is 5.63 Å². The summed E-state index contributed by atoms with van der Waals surface area (Å²) in [5, 5.41) is 11.9. The number of amides is 1. The van der Waals surface area contributed by atoms with Gasteiger partial charge in [0.2, 0.25) is 0 Å². The fraction of sp³-hybridized carbons (Fsp3) is 0.353. The molecule has 10 heteroatoms. The molecule has 9 nitrogen and oxygen atoms in total. The Kier molecular flexibility index (Phi) is 5.75. The minimum atomic E-state index is -0.496. The summed E-state index contributed by atoms with van der Waals surface area (Å²) in [5.74, 6) is 0.422. The minimum absolute atomic E-state index is 0.228. The molecule has 0 unspecified atom stereocenters. The zero-order valence-corrected chi connectivity index (χ0v) is 16.0. The third kappa shape index (κ3) is 4.45. The molecule has 0 saturated heterocycles. The average molecular weight is 388 g/mol. The summed E-state index contributed by atoms with van der Waals surface area (Å²) in [6.45, 7) is 4.87. The minimum Gasteiger partial charge on any atom is -0.430 e. The molecule has 0 aliphatic rings. The van der Waals surface area contributed by atoms with E-state index >= 15 is 0 Å². The number of hydrogen-bond acceptors (Lipinski definition) is 8. The van der Waals surface area contributed by atoms with E-state index in [4.69, 9.17) is 4.42 Å². The van der Waals surface area contributed by atoms with Gasteiger partial charge in [-0.1, -0.05) is 11.8 Å². The smallest absolute Gasteiger partial charge is 0.335 e. The van der Waals surface area contributed by atoms with E-state index in [9.17, 15) is 9.59 Å². The van der Waals surface area contributed by atoms with E-state index in [2.05, 4.69) is 25.7 Å². The lowest BCUT2D eigenvalue weighted by Crippen LogP contribution is -2.27. The van der Waals surface area contributed by atoms with Crippen LogP contribution in [-0.4, -0.2) is 44.5 Å². The van der Waals surface area contributed by atoms with Gasteiger partial charge < -0.3 is 15.1 Å². The predicted molar refractivity (Wildman–Crippen MR) is 103 cm³/mol. The molecule has 0 spiro atoms. The number of carbonyl (C=O) groups excluding carboxylic acids is 1. The normalized spacial score (nSPS) is 11.1. The largest absolute Gasteiger partial charge is 0.430 e. The number of carbonyl (C=O) groups is 1. The number of nitrogens with zero attached hydrogens (tertiary/aromatic N) is 4. The number of rotatable bonds is 7. The second-order valence-electron chi connectivity index (χ2n) is 6.06. The van der Waals surface area contributed by atoms with Gasteiger partial charge in [0.15, 0.2) is 10.8 Å². The van der Waals surface area contributed by atoms with E-state index in [0.29, 0.717) is 23.9 Å². The highest BCUT2D eigenvalue weighted by Gasteiger charge is 2.14. The van der Waals surface area contributed by atoms with Crippen LogP contribution < -0.4 is 16.3 Å². The van der Waals surface area contributed by atoms with Crippen LogP contribution in [0.1, 0.15) is 24.2 Å². The van der Waals surface area contributed by atoms with Crippen LogP contribution in [0.15, 0.2) is 39.0 Å². The number of thioether (sulfide) groups is 1. The van der Waals surface area contributed by atoms with Gasteiger partial charge in [-0.2, -0.15) is 5.10 Å². The van der Waals surface area contributed by atoms with Crippen LogP contribution in [0.5, 0.6) is 0 Å². The molecule has 1 amide bonds. The third-order valence-corrected chi connectivity index (χ3v) is 4.20. The second kappa shape index (κ2) is 8.21. The molecule has 0 radical (unpaired) electrons. The van der Waals surface area contributed by atoms with Crippen molar-refractivity contribution < 1.29 is 9.21 Å². The Bertz CT molecular complexity index is 993. The molecule has 0 aromatic carbocycles. The Labute approximate surface area is 159 Å². The highest BCUT2D eigenvalue weighted by Crippen LogP contribution is 2.23. The fourth-order valence-electron chi connectivity index (χ4n) is 2.44. The standard InChI is InChI=1S/C17H20N6O3S/c1-10(2)20-14-12-8-19-23(15(12)22-17(21-14)27-3)7-6-18-16(25)11-4-5-13(24)26-9-11/h4-5,8-10H,6-7H2,1-3H3,(H,18,25)(H,20,21,22). The highest BCUT2D eigenvalue weighted by atomic mass is 32.2. The number of hydrogen-bond donors (Lipinski definition) is 2. The van der Waals surface area contributed by atoms with Gasteiger partial charge in [0.1, 0.15) is 12.1 Å². The molecular weight excluding hydrogens is 368 g/mol. The van der Waals surface area contributed by atoms with Gasteiger partial charge in [-0.3, -0.25) is 4.79 Å². The van der Waals surface area contributed by atoms with E-state index in [1.165, 1.54) is 23.9 Å². The SMILES string of the molecule is CSc1nc(NC(C)C)c2cnn(CCNC(=O)c3ccc(=O)oc3)c2n1. The van der Waals surface area contributed by atoms with Crippen molar-refractivity contribution in [3.63, 3.8) is 0 Å². The lowest BCUT2D eigenvalue weighted by Gasteiger charge is -2.11. The van der Waals surface area contributed by atoms with Crippen LogP contribution in [0.4, 0.5) is 5.82 Å². The molecule has 3 aromatic heterocycles. The van der Waals surface area contributed by atoms with Crippen molar-refractivity contribution in [1.82, 2.24) is 25.1 Å². The summed E-state index contributed by atoms with van der Waals surface area (Å²) in [6, 6.07) is 2.86. The van der Waals surface area contributed by atoms with Crippen molar-refractivity contribution in [2.75, 3.05) is 18.1 Å². The van der Waals surface area contributed by atoms with Gasteiger partial charge in [-0.15, -0.1) is 0 Å². The molecule has 0 aliphatic heterocycles. The zero-order chi connectivity index (χ0) is 19.4. The molecule has 3 rings (SSSR count). The monoisotopic (exact) mass is 388 g/mol. The quantitative estimate of drug-likeness (QED) is 0.465. The maximum atomic E-state index is 12.1. The van der Waals surface area contributed by atoms with Crippen molar-refractivity contribution in [3.05, 3.63) is 40.6 Å². The predicted octanol–water partition coefficient (Wildman–Crippen LogP) is 1.75. The summed E-state index contributed by atoms with van der Waals surface area (Å²) >= 11 is 1.46. The Morgan fingerprint density at radius 3 is 2.81 bits per heavy atom. The first kappa shape index (κ1) is 18.9. The second-order valence-corrected chi connectivity index (χ2v) is 6.84. The first-order valence-corrected chi connectivity index (χ1v) is 9.61. The van der Waals surface area contributed by atoms with E-state index < -0.39 is 5.63 Å². The summed E-state index contributed by atoms with van der Waals surface area (Å²) < 4.78 is 6.43. The lowest BCUT2D eigenvalue weighted by atomic mass is 10.3. The Hall–Kier alpha value is -2.88. The van der Waals surface area contributed by atoms with Crippen molar-refractivity contribution >= 4 is 34.5 Å². The molecule has 0 saturated carbocycles. The van der Waals surface area contributed by atoms with E-state index in [1.54, 1.807) is 10.9 Å². The highest BCUT2D eigenvalue weighted by molar-refractivity contribution is 7.98. The molecule has 27 heavy (non-hydrogen) atoms. The Morgan fingerprint density at radius 1 is 1.33 bits per heavy atom. The molecule has 0 atom stereocenters. The summed E-state index contributed by atoms with van der Waals surface area (Å²) in [4.78, 5) is 32.1. The van der Waals surface area contributed by atoms with Crippen LogP contribution in [-0.2, 0) is 6.54 Å². The van der Waals surface area contributed by atoms with E-state index in [0.717, 1.165) is 17.5 Å². The van der Waals surface area contributed by atoms with Crippen molar-refractivity contribution in [2.45, 2.75) is 31.6 Å². The Morgan fingerprint density at radius 2 is 2.15 bits per heavy atom. The first-order valence-electron chi connectivity index (χ1n) is 8.39. The van der Waals surface area contributed by atoms with Crippen LogP contribution in [0.2, 0.25) is 0 Å². The molecule has 0 aliphatic carbocycles. The molecule has 142 valence electrons. The van der Waals surface area contributed by atoms with Crippen LogP contribution >= 0.6 is 11.8 Å². The molecular formula is C17H20N6O3S. The van der Waals surface area contributed by atoms with Gasteiger partial charge in [-0.05, 0) is 26.2 Å². The summed E-state index contributed by atoms with van der Waals surface area (Å²) in [5.41, 5.74) is 0.498. The van der Waals surface area contributed by atoms with Gasteiger partial charge in [0, 0.05) is 18.7 Å². The van der Waals surface area contributed by atoms with E-state index in [1.807, 2.05) is 20.1 Å². The van der Waals surface area contributed by atoms with Crippen LogP contribution in [0.3, 0.4) is 0 Å². The van der Waals surface area contributed by atoms with Gasteiger partial charge in [0.25, 0.3) is 5.91 Å². The lowest BCUT2D eigenvalue weighted by molar-refractivity contribution is 0.0949. The van der Waals surface area contributed by atoms with Crippen molar-refractivity contribution in [3.8, 4) is 0 Å². The van der Waals surface area contributed by atoms with Gasteiger partial charge in [0.05, 0.1) is 23.7 Å². The fourth-order valence-corrected chi connectivity index (χ4v) is 2.80. The number of aromatic nitrogens is 4. The Balaban J connectivity index is 1.74. The summed E-state index contributed by atoms with van der Waals surface area (Å²) in [7, 11) is 0. The summed E-state index contributed by atoms with van der Waals surface area (Å²) in [6.07, 6.45) is 4.78. The van der Waals surface area contributed by atoms with Crippen LogP contribution in [0, 0.1) is 0 Å². The first-order chi connectivity index (χ1) is 13.0. The maximum Gasteiger partial charge on any atom is 0.335 e. The van der Waals surface area contributed by atoms with Crippen LogP contribution in [0.25, 0.3) is 11.0 Å². The van der Waals surface area contributed by atoms with Gasteiger partial charge in [-0.25, -0.2) is 19.4 Å².